The molecule has 4 nitrogen and oxygen atoms in total. The van der Waals surface area contributed by atoms with E-state index in [2.05, 4.69) is 17.2 Å². The molecule has 0 aliphatic rings. The van der Waals surface area contributed by atoms with Gasteiger partial charge in [-0.25, -0.2) is 0 Å². The van der Waals surface area contributed by atoms with Crippen LogP contribution in [0.4, 0.5) is 17.1 Å². The Bertz CT molecular complexity index is 606. The lowest BCUT2D eigenvalue weighted by Gasteiger charge is -2.13. The Morgan fingerprint density at radius 1 is 1.05 bits per heavy atom. The molecule has 0 aromatic heterocycles. The molecule has 2 aromatic carbocycles. The van der Waals surface area contributed by atoms with Crippen molar-refractivity contribution in [3.8, 4) is 5.75 Å². The van der Waals surface area contributed by atoms with Gasteiger partial charge in [-0.3, -0.25) is 0 Å². The molecule has 0 spiro atoms. The lowest BCUT2D eigenvalue weighted by atomic mass is 10.2. The van der Waals surface area contributed by atoms with Gasteiger partial charge in [-0.15, -0.1) is 0 Å². The molecule has 0 bridgehead atoms. The standard InChI is InChI=1S/C16H19N3O/c1-11-10-14(6-9-16(11)17)19-12(2)18-13-4-7-15(20-3)8-5-13/h4-10,18-19H,2,17H2,1,3H3. The fraction of sp³-hybridized carbons (Fsp3) is 0.125. The molecule has 0 amide bonds. The fourth-order valence-electron chi connectivity index (χ4n) is 1.81. The second kappa shape index (κ2) is 6.02. The molecule has 20 heavy (non-hydrogen) atoms. The average Bonchev–Trinajstić information content (AvgIpc) is 2.44. The number of methoxy groups -OCH3 is 1. The molecular formula is C16H19N3O. The molecule has 0 heterocycles. The first-order chi connectivity index (χ1) is 9.58. The maximum absolute atomic E-state index is 5.79. The van der Waals surface area contributed by atoms with Crippen molar-refractivity contribution in [1.29, 1.82) is 0 Å². The fourth-order valence-corrected chi connectivity index (χ4v) is 1.81. The molecule has 2 rings (SSSR count). The van der Waals surface area contributed by atoms with Crippen LogP contribution in [0.5, 0.6) is 5.75 Å². The Labute approximate surface area is 119 Å². The van der Waals surface area contributed by atoms with Gasteiger partial charge in [0.25, 0.3) is 0 Å². The highest BCUT2D eigenvalue weighted by Crippen LogP contribution is 2.19. The summed E-state index contributed by atoms with van der Waals surface area (Å²) in [6.45, 7) is 5.93. The second-order valence-electron chi connectivity index (χ2n) is 4.53. The summed E-state index contributed by atoms with van der Waals surface area (Å²) in [5.41, 5.74) is 9.50. The van der Waals surface area contributed by atoms with Crippen molar-refractivity contribution in [2.24, 2.45) is 0 Å². The predicted molar refractivity (Wildman–Crippen MR) is 85.0 cm³/mol. The second-order valence-corrected chi connectivity index (χ2v) is 4.53. The molecule has 0 aliphatic carbocycles. The Kier molecular flexibility index (Phi) is 4.15. The first-order valence-corrected chi connectivity index (χ1v) is 6.31. The van der Waals surface area contributed by atoms with E-state index in [-0.39, 0.29) is 0 Å². The van der Waals surface area contributed by atoms with E-state index in [9.17, 15) is 0 Å². The summed E-state index contributed by atoms with van der Waals surface area (Å²) in [7, 11) is 1.65. The van der Waals surface area contributed by atoms with Crippen molar-refractivity contribution < 1.29 is 4.74 Å². The number of hydrogen-bond acceptors (Lipinski definition) is 4. The van der Waals surface area contributed by atoms with E-state index in [1.165, 1.54) is 0 Å². The largest absolute Gasteiger partial charge is 0.497 e. The minimum atomic E-state index is 0.694. The first kappa shape index (κ1) is 13.8. The van der Waals surface area contributed by atoms with Crippen LogP contribution < -0.4 is 21.1 Å². The number of rotatable bonds is 5. The van der Waals surface area contributed by atoms with Crippen LogP contribution in [-0.4, -0.2) is 7.11 Å². The summed E-state index contributed by atoms with van der Waals surface area (Å²) in [4.78, 5) is 0. The minimum Gasteiger partial charge on any atom is -0.497 e. The van der Waals surface area contributed by atoms with Gasteiger partial charge in [-0.1, -0.05) is 6.58 Å². The molecule has 0 fully saturated rings. The smallest absolute Gasteiger partial charge is 0.119 e. The van der Waals surface area contributed by atoms with Crippen LogP contribution in [0, 0.1) is 6.92 Å². The van der Waals surface area contributed by atoms with Crippen LogP contribution >= 0.6 is 0 Å². The van der Waals surface area contributed by atoms with Gasteiger partial charge in [-0.05, 0) is 55.0 Å². The van der Waals surface area contributed by atoms with Crippen molar-refractivity contribution in [1.82, 2.24) is 0 Å². The predicted octanol–water partition coefficient (Wildman–Crippen LogP) is 3.58. The molecule has 0 aliphatic heterocycles. The third-order valence-corrected chi connectivity index (χ3v) is 2.95. The van der Waals surface area contributed by atoms with E-state index in [0.29, 0.717) is 5.82 Å². The summed E-state index contributed by atoms with van der Waals surface area (Å²) in [5, 5.41) is 6.38. The Balaban J connectivity index is 1.99. The molecule has 2 aromatic rings. The topological polar surface area (TPSA) is 59.3 Å². The van der Waals surface area contributed by atoms with Crippen LogP contribution in [0.25, 0.3) is 0 Å². The Morgan fingerprint density at radius 2 is 1.65 bits per heavy atom. The van der Waals surface area contributed by atoms with Crippen LogP contribution in [0.1, 0.15) is 5.56 Å². The third-order valence-electron chi connectivity index (χ3n) is 2.95. The molecule has 4 heteroatoms. The van der Waals surface area contributed by atoms with Crippen LogP contribution in [0.2, 0.25) is 0 Å². The van der Waals surface area contributed by atoms with Gasteiger partial charge in [0.15, 0.2) is 0 Å². The van der Waals surface area contributed by atoms with Crippen molar-refractivity contribution in [2.75, 3.05) is 23.5 Å². The van der Waals surface area contributed by atoms with E-state index >= 15 is 0 Å². The summed E-state index contributed by atoms with van der Waals surface area (Å²) in [5.74, 6) is 1.52. The monoisotopic (exact) mass is 269 g/mol. The molecule has 0 atom stereocenters. The lowest BCUT2D eigenvalue weighted by molar-refractivity contribution is 0.415. The summed E-state index contributed by atoms with van der Waals surface area (Å²) >= 11 is 0. The van der Waals surface area contributed by atoms with Gasteiger partial charge in [-0.2, -0.15) is 0 Å². The number of ether oxygens (including phenoxy) is 1. The van der Waals surface area contributed by atoms with E-state index < -0.39 is 0 Å². The number of nitrogens with one attached hydrogen (secondary N) is 2. The van der Waals surface area contributed by atoms with E-state index in [1.54, 1.807) is 7.11 Å². The molecule has 4 N–H and O–H groups in total. The number of nitrogen functional groups attached to an aromatic ring is 1. The van der Waals surface area contributed by atoms with Crippen LogP contribution in [0.3, 0.4) is 0 Å². The highest BCUT2D eigenvalue weighted by Gasteiger charge is 2.00. The zero-order chi connectivity index (χ0) is 14.5. The zero-order valence-corrected chi connectivity index (χ0v) is 11.7. The summed E-state index contributed by atoms with van der Waals surface area (Å²) in [6, 6.07) is 13.4. The van der Waals surface area contributed by atoms with Gasteiger partial charge < -0.3 is 21.1 Å². The quantitative estimate of drug-likeness (QED) is 0.726. The number of hydrogen-bond donors (Lipinski definition) is 3. The zero-order valence-electron chi connectivity index (χ0n) is 11.7. The van der Waals surface area contributed by atoms with Gasteiger partial charge in [0.2, 0.25) is 0 Å². The van der Waals surface area contributed by atoms with Crippen molar-refractivity contribution >= 4 is 17.1 Å². The van der Waals surface area contributed by atoms with Crippen molar-refractivity contribution in [3.05, 3.63) is 60.4 Å². The van der Waals surface area contributed by atoms with Gasteiger partial charge >= 0.3 is 0 Å². The minimum absolute atomic E-state index is 0.694. The third kappa shape index (κ3) is 3.45. The van der Waals surface area contributed by atoms with Gasteiger partial charge in [0.1, 0.15) is 11.6 Å². The normalized spacial score (nSPS) is 9.90. The van der Waals surface area contributed by atoms with E-state index in [4.69, 9.17) is 10.5 Å². The van der Waals surface area contributed by atoms with Gasteiger partial charge in [0.05, 0.1) is 7.11 Å². The van der Waals surface area contributed by atoms with Crippen molar-refractivity contribution in [3.63, 3.8) is 0 Å². The summed E-state index contributed by atoms with van der Waals surface area (Å²) < 4.78 is 5.12. The molecule has 0 saturated carbocycles. The van der Waals surface area contributed by atoms with Crippen molar-refractivity contribution in [2.45, 2.75) is 6.92 Å². The van der Waals surface area contributed by atoms with E-state index in [1.807, 2.05) is 49.4 Å². The van der Waals surface area contributed by atoms with Gasteiger partial charge in [0, 0.05) is 17.1 Å². The maximum atomic E-state index is 5.79. The Morgan fingerprint density at radius 3 is 2.25 bits per heavy atom. The highest BCUT2D eigenvalue weighted by atomic mass is 16.5. The number of aryl methyl sites for hydroxylation is 1. The summed E-state index contributed by atoms with van der Waals surface area (Å²) in [6.07, 6.45) is 0. The maximum Gasteiger partial charge on any atom is 0.119 e. The average molecular weight is 269 g/mol. The molecule has 0 saturated heterocycles. The van der Waals surface area contributed by atoms with Crippen LogP contribution in [-0.2, 0) is 0 Å². The first-order valence-electron chi connectivity index (χ1n) is 6.31. The number of nitrogens with two attached hydrogens (primary N) is 1. The van der Waals surface area contributed by atoms with E-state index in [0.717, 1.165) is 28.4 Å². The molecular weight excluding hydrogens is 250 g/mol. The molecule has 0 radical (unpaired) electrons. The number of anilines is 3. The Hall–Kier alpha value is -2.62. The van der Waals surface area contributed by atoms with Crippen LogP contribution in [0.15, 0.2) is 54.9 Å². The SMILES string of the molecule is C=C(Nc1ccc(OC)cc1)Nc1ccc(N)c(C)c1. The number of benzene rings is 2. The molecule has 0 unspecified atom stereocenters. The lowest BCUT2D eigenvalue weighted by Crippen LogP contribution is -2.08. The molecule has 104 valence electrons. The highest BCUT2D eigenvalue weighted by molar-refractivity contribution is 5.61.